The Hall–Kier alpha value is -0.120. The molecule has 3 nitrogen and oxygen atoms in total. The van der Waals surface area contributed by atoms with Gasteiger partial charge in [-0.2, -0.15) is 0 Å². The fourth-order valence-electron chi connectivity index (χ4n) is 1.23. The maximum atomic E-state index is 5.42. The first-order valence-electron chi connectivity index (χ1n) is 5.82. The zero-order valence-corrected chi connectivity index (χ0v) is 9.26. The van der Waals surface area contributed by atoms with Gasteiger partial charge in [0.15, 0.2) is 0 Å². The van der Waals surface area contributed by atoms with Gasteiger partial charge < -0.3 is 14.8 Å². The van der Waals surface area contributed by atoms with Crippen LogP contribution in [-0.4, -0.2) is 39.0 Å². The Bertz CT molecular complexity index is 126. The topological polar surface area (TPSA) is 30.5 Å². The summed E-state index contributed by atoms with van der Waals surface area (Å²) < 4.78 is 10.7. The smallest absolute Gasteiger partial charge is 0.0700 e. The second-order valence-electron chi connectivity index (χ2n) is 3.81. The third kappa shape index (κ3) is 7.30. The Morgan fingerprint density at radius 1 is 1.07 bits per heavy atom. The van der Waals surface area contributed by atoms with Crippen molar-refractivity contribution in [3.63, 3.8) is 0 Å². The molecule has 3 heteroatoms. The van der Waals surface area contributed by atoms with Crippen LogP contribution in [0.5, 0.6) is 0 Å². The summed E-state index contributed by atoms with van der Waals surface area (Å²) in [5.74, 6) is 0. The van der Waals surface area contributed by atoms with Gasteiger partial charge in [-0.1, -0.05) is 6.92 Å². The van der Waals surface area contributed by atoms with Crippen LogP contribution in [0.1, 0.15) is 32.6 Å². The van der Waals surface area contributed by atoms with Crippen molar-refractivity contribution in [1.82, 2.24) is 5.32 Å². The van der Waals surface area contributed by atoms with E-state index >= 15 is 0 Å². The lowest BCUT2D eigenvalue weighted by atomic mass is 10.4. The average Bonchev–Trinajstić information content (AvgIpc) is 2.99. The largest absolute Gasteiger partial charge is 0.379 e. The van der Waals surface area contributed by atoms with E-state index in [4.69, 9.17) is 9.47 Å². The predicted octanol–water partition coefficient (Wildman–Crippen LogP) is 1.57. The van der Waals surface area contributed by atoms with Gasteiger partial charge in [-0.15, -0.1) is 0 Å². The Morgan fingerprint density at radius 3 is 2.43 bits per heavy atom. The maximum Gasteiger partial charge on any atom is 0.0700 e. The molecule has 0 amide bonds. The van der Waals surface area contributed by atoms with Crippen molar-refractivity contribution in [3.05, 3.63) is 0 Å². The molecule has 0 bridgehead atoms. The molecule has 1 saturated carbocycles. The van der Waals surface area contributed by atoms with Crippen LogP contribution >= 0.6 is 0 Å². The van der Waals surface area contributed by atoms with E-state index in [0.29, 0.717) is 0 Å². The highest BCUT2D eigenvalue weighted by Gasteiger charge is 2.19. The van der Waals surface area contributed by atoms with E-state index in [9.17, 15) is 0 Å². The summed E-state index contributed by atoms with van der Waals surface area (Å²) in [4.78, 5) is 0. The van der Waals surface area contributed by atoms with Gasteiger partial charge in [0.1, 0.15) is 0 Å². The van der Waals surface area contributed by atoms with Crippen molar-refractivity contribution < 1.29 is 9.47 Å². The molecule has 0 atom stereocenters. The maximum absolute atomic E-state index is 5.42. The van der Waals surface area contributed by atoms with Gasteiger partial charge in [-0.25, -0.2) is 0 Å². The van der Waals surface area contributed by atoms with Gasteiger partial charge in [0.25, 0.3) is 0 Å². The minimum absolute atomic E-state index is 0.740. The zero-order valence-electron chi connectivity index (χ0n) is 9.26. The molecule has 1 fully saturated rings. The van der Waals surface area contributed by atoms with E-state index in [0.717, 1.165) is 51.9 Å². The highest BCUT2D eigenvalue weighted by atomic mass is 16.5. The fraction of sp³-hybridized carbons (Fsp3) is 1.00. The van der Waals surface area contributed by atoms with E-state index in [1.165, 1.54) is 12.8 Å². The first kappa shape index (κ1) is 12.0. The van der Waals surface area contributed by atoms with Crippen LogP contribution in [0.15, 0.2) is 0 Å². The van der Waals surface area contributed by atoms with Crippen molar-refractivity contribution in [1.29, 1.82) is 0 Å². The highest BCUT2D eigenvalue weighted by molar-refractivity contribution is 4.80. The van der Waals surface area contributed by atoms with E-state index in [1.807, 2.05) is 0 Å². The van der Waals surface area contributed by atoms with Gasteiger partial charge in [0.2, 0.25) is 0 Å². The van der Waals surface area contributed by atoms with E-state index < -0.39 is 0 Å². The van der Waals surface area contributed by atoms with Crippen LogP contribution < -0.4 is 5.32 Å². The summed E-state index contributed by atoms with van der Waals surface area (Å²) in [6.45, 7) is 6.40. The van der Waals surface area contributed by atoms with Crippen LogP contribution in [0.4, 0.5) is 0 Å². The summed E-state index contributed by atoms with van der Waals surface area (Å²) in [6.07, 6.45) is 4.94. The summed E-state index contributed by atoms with van der Waals surface area (Å²) in [7, 11) is 0. The first-order valence-corrected chi connectivity index (χ1v) is 5.82. The predicted molar refractivity (Wildman–Crippen MR) is 57.6 cm³/mol. The third-order valence-corrected chi connectivity index (χ3v) is 2.20. The number of nitrogens with one attached hydrogen (secondary N) is 1. The molecule has 1 N–H and O–H groups in total. The van der Waals surface area contributed by atoms with Gasteiger partial charge in [0, 0.05) is 19.3 Å². The van der Waals surface area contributed by atoms with Gasteiger partial charge in [-0.05, 0) is 32.2 Å². The Labute approximate surface area is 87.2 Å². The zero-order chi connectivity index (χ0) is 10.1. The average molecular weight is 201 g/mol. The van der Waals surface area contributed by atoms with Crippen LogP contribution in [-0.2, 0) is 9.47 Å². The number of hydrogen-bond acceptors (Lipinski definition) is 3. The van der Waals surface area contributed by atoms with Crippen molar-refractivity contribution >= 4 is 0 Å². The van der Waals surface area contributed by atoms with Gasteiger partial charge in [-0.3, -0.25) is 0 Å². The molecular weight excluding hydrogens is 178 g/mol. The SMILES string of the molecule is CCCOCCOCCCNC1CC1. The molecule has 0 saturated heterocycles. The van der Waals surface area contributed by atoms with E-state index in [2.05, 4.69) is 12.2 Å². The monoisotopic (exact) mass is 201 g/mol. The highest BCUT2D eigenvalue weighted by Crippen LogP contribution is 2.18. The Morgan fingerprint density at radius 2 is 1.79 bits per heavy atom. The molecule has 0 aromatic rings. The molecule has 84 valence electrons. The van der Waals surface area contributed by atoms with Crippen LogP contribution in [0.2, 0.25) is 0 Å². The number of ether oxygens (including phenoxy) is 2. The molecule has 0 radical (unpaired) electrons. The molecule has 0 heterocycles. The second-order valence-corrected chi connectivity index (χ2v) is 3.81. The molecule has 0 spiro atoms. The summed E-state index contributed by atoms with van der Waals surface area (Å²) in [5, 5.41) is 3.46. The van der Waals surface area contributed by atoms with E-state index in [1.54, 1.807) is 0 Å². The Balaban J connectivity index is 1.63. The van der Waals surface area contributed by atoms with Crippen molar-refractivity contribution in [2.45, 2.75) is 38.6 Å². The normalized spacial score (nSPS) is 16.1. The molecule has 1 rings (SSSR count). The lowest BCUT2D eigenvalue weighted by molar-refractivity contribution is 0.0472. The molecule has 1 aliphatic carbocycles. The van der Waals surface area contributed by atoms with Crippen molar-refractivity contribution in [3.8, 4) is 0 Å². The summed E-state index contributed by atoms with van der Waals surface area (Å²) >= 11 is 0. The first-order chi connectivity index (χ1) is 6.93. The van der Waals surface area contributed by atoms with Crippen LogP contribution in [0, 0.1) is 0 Å². The lowest BCUT2D eigenvalue weighted by Crippen LogP contribution is -2.19. The number of rotatable bonds is 10. The molecule has 0 aliphatic heterocycles. The molecule has 0 unspecified atom stereocenters. The molecule has 0 aromatic heterocycles. The van der Waals surface area contributed by atoms with Gasteiger partial charge in [0.05, 0.1) is 13.2 Å². The summed E-state index contributed by atoms with van der Waals surface area (Å²) in [6, 6.07) is 0.822. The molecule has 14 heavy (non-hydrogen) atoms. The van der Waals surface area contributed by atoms with Gasteiger partial charge >= 0.3 is 0 Å². The third-order valence-electron chi connectivity index (χ3n) is 2.20. The standard InChI is InChI=1S/C11H23NO2/c1-2-7-13-9-10-14-8-3-6-12-11-4-5-11/h11-12H,2-10H2,1H3. The van der Waals surface area contributed by atoms with Crippen molar-refractivity contribution in [2.24, 2.45) is 0 Å². The molecule has 0 aromatic carbocycles. The van der Waals surface area contributed by atoms with Crippen LogP contribution in [0.3, 0.4) is 0 Å². The minimum Gasteiger partial charge on any atom is -0.379 e. The quantitative estimate of drug-likeness (QED) is 0.544. The summed E-state index contributed by atoms with van der Waals surface area (Å²) in [5.41, 5.74) is 0. The van der Waals surface area contributed by atoms with Crippen LogP contribution in [0.25, 0.3) is 0 Å². The molecular formula is C11H23NO2. The fourth-order valence-corrected chi connectivity index (χ4v) is 1.23. The minimum atomic E-state index is 0.740. The number of hydrogen-bond donors (Lipinski definition) is 1. The molecule has 1 aliphatic rings. The second kappa shape index (κ2) is 8.21. The lowest BCUT2D eigenvalue weighted by Gasteiger charge is -2.05. The Kier molecular flexibility index (Phi) is 7.01. The van der Waals surface area contributed by atoms with Crippen molar-refractivity contribution in [2.75, 3.05) is 33.0 Å². The van der Waals surface area contributed by atoms with E-state index in [-0.39, 0.29) is 0 Å².